The molecule has 0 aliphatic carbocycles. The van der Waals surface area contributed by atoms with Crippen molar-refractivity contribution in [2.45, 2.75) is 6.42 Å². The normalized spacial score (nSPS) is 11.1. The van der Waals surface area contributed by atoms with Crippen molar-refractivity contribution in [1.82, 2.24) is 9.13 Å². The van der Waals surface area contributed by atoms with Crippen LogP contribution >= 0.6 is 0 Å². The molecule has 0 aliphatic heterocycles. The Hall–Kier alpha value is -1.55. The lowest BCUT2D eigenvalue weighted by Gasteiger charge is -2.02. The maximum atomic E-state index is 11.7. The summed E-state index contributed by atoms with van der Waals surface area (Å²) in [6.45, 7) is 0.599. The van der Waals surface area contributed by atoms with E-state index >= 15 is 0 Å². The van der Waals surface area contributed by atoms with Crippen LogP contribution in [-0.4, -0.2) is 15.7 Å². The molecule has 0 fully saturated rings. The van der Waals surface area contributed by atoms with E-state index in [0.717, 1.165) is 23.0 Å². The molecule has 2 N–H and O–H groups in total. The summed E-state index contributed by atoms with van der Waals surface area (Å²) in [5.74, 6) is 0. The van der Waals surface area contributed by atoms with Crippen LogP contribution in [0.3, 0.4) is 0 Å². The molecule has 0 amide bonds. The molecule has 2 rings (SSSR count). The molecule has 4 heteroatoms. The van der Waals surface area contributed by atoms with Crippen LogP contribution in [0.2, 0.25) is 0 Å². The third-order valence-electron chi connectivity index (χ3n) is 2.78. The summed E-state index contributed by atoms with van der Waals surface area (Å²) in [7, 11) is 3.58. The van der Waals surface area contributed by atoms with Gasteiger partial charge in [0.05, 0.1) is 11.0 Å². The Morgan fingerprint density at radius 1 is 1.27 bits per heavy atom. The first-order valence-corrected chi connectivity index (χ1v) is 5.00. The molecule has 1 heterocycles. The van der Waals surface area contributed by atoms with Crippen LogP contribution in [0.1, 0.15) is 5.56 Å². The van der Waals surface area contributed by atoms with Gasteiger partial charge < -0.3 is 5.73 Å². The molecule has 80 valence electrons. The maximum Gasteiger partial charge on any atom is 0.328 e. The van der Waals surface area contributed by atoms with Crippen molar-refractivity contribution in [3.63, 3.8) is 0 Å². The van der Waals surface area contributed by atoms with Crippen LogP contribution in [-0.2, 0) is 20.5 Å². The molecule has 1 aromatic carbocycles. The second kappa shape index (κ2) is 3.55. The van der Waals surface area contributed by atoms with E-state index in [2.05, 4.69) is 0 Å². The minimum Gasteiger partial charge on any atom is -0.330 e. The number of benzene rings is 1. The number of aryl methyl sites for hydroxylation is 2. The van der Waals surface area contributed by atoms with Crippen molar-refractivity contribution in [3.8, 4) is 0 Å². The Morgan fingerprint density at radius 3 is 2.67 bits per heavy atom. The summed E-state index contributed by atoms with van der Waals surface area (Å²) in [6, 6.07) is 5.94. The topological polar surface area (TPSA) is 53.0 Å². The van der Waals surface area contributed by atoms with Crippen LogP contribution in [0.15, 0.2) is 23.0 Å². The van der Waals surface area contributed by atoms with Gasteiger partial charge in [-0.3, -0.25) is 9.13 Å². The zero-order valence-corrected chi connectivity index (χ0v) is 9.03. The minimum absolute atomic E-state index is 0.00877. The van der Waals surface area contributed by atoms with Crippen LogP contribution in [0, 0.1) is 0 Å². The molecule has 0 bridgehead atoms. The predicted octanol–water partition coefficient (Wildman–Crippen LogP) is 0.378. The molecular weight excluding hydrogens is 190 g/mol. The number of fused-ring (bicyclic) bond motifs is 1. The van der Waals surface area contributed by atoms with Crippen LogP contribution in [0.4, 0.5) is 0 Å². The molecule has 0 atom stereocenters. The molecule has 0 unspecified atom stereocenters. The van der Waals surface area contributed by atoms with Crippen molar-refractivity contribution in [2.75, 3.05) is 6.54 Å². The van der Waals surface area contributed by atoms with Gasteiger partial charge in [0.1, 0.15) is 0 Å². The maximum absolute atomic E-state index is 11.7. The fourth-order valence-corrected chi connectivity index (χ4v) is 2.02. The van der Waals surface area contributed by atoms with Crippen LogP contribution in [0.5, 0.6) is 0 Å². The molecule has 0 saturated heterocycles. The number of aromatic nitrogens is 2. The zero-order chi connectivity index (χ0) is 11.0. The summed E-state index contributed by atoms with van der Waals surface area (Å²) in [5, 5.41) is 0. The Morgan fingerprint density at radius 2 is 2.00 bits per heavy atom. The molecule has 1 aromatic heterocycles. The average molecular weight is 205 g/mol. The van der Waals surface area contributed by atoms with Gasteiger partial charge >= 0.3 is 5.69 Å². The lowest BCUT2D eigenvalue weighted by molar-refractivity contribution is 0.793. The number of rotatable bonds is 2. The molecule has 0 spiro atoms. The molecule has 0 radical (unpaired) electrons. The van der Waals surface area contributed by atoms with Gasteiger partial charge in [-0.25, -0.2) is 4.79 Å². The standard InChI is InChI=1S/C11H15N3O/c1-13-9-5-3-4-8(6-7-12)10(9)14(2)11(13)15/h3-5H,6-7,12H2,1-2H3. The smallest absolute Gasteiger partial charge is 0.328 e. The first-order valence-electron chi connectivity index (χ1n) is 5.00. The summed E-state index contributed by atoms with van der Waals surface area (Å²) >= 11 is 0. The van der Waals surface area contributed by atoms with Crippen molar-refractivity contribution in [3.05, 3.63) is 34.2 Å². The Labute approximate surface area is 87.9 Å². The molecular formula is C11H15N3O. The van der Waals surface area contributed by atoms with E-state index in [4.69, 9.17) is 5.73 Å². The molecule has 15 heavy (non-hydrogen) atoms. The second-order valence-electron chi connectivity index (χ2n) is 3.72. The number of hydrogen-bond acceptors (Lipinski definition) is 2. The van der Waals surface area contributed by atoms with Crippen molar-refractivity contribution >= 4 is 11.0 Å². The van der Waals surface area contributed by atoms with Crippen molar-refractivity contribution in [2.24, 2.45) is 19.8 Å². The highest BCUT2D eigenvalue weighted by Crippen LogP contribution is 2.16. The van der Waals surface area contributed by atoms with E-state index in [9.17, 15) is 4.79 Å². The summed E-state index contributed by atoms with van der Waals surface area (Å²) in [5.41, 5.74) is 8.66. The van der Waals surface area contributed by atoms with Gasteiger partial charge in [0.25, 0.3) is 0 Å². The van der Waals surface area contributed by atoms with Crippen LogP contribution in [0.25, 0.3) is 11.0 Å². The third kappa shape index (κ3) is 1.37. The Balaban J connectivity index is 2.85. The number of para-hydroxylation sites is 1. The fraction of sp³-hybridized carbons (Fsp3) is 0.364. The van der Waals surface area contributed by atoms with Gasteiger partial charge in [0, 0.05) is 14.1 Å². The minimum atomic E-state index is 0.00877. The highest BCUT2D eigenvalue weighted by atomic mass is 16.1. The van der Waals surface area contributed by atoms with Gasteiger partial charge in [-0.1, -0.05) is 12.1 Å². The van der Waals surface area contributed by atoms with Gasteiger partial charge in [-0.05, 0) is 24.6 Å². The largest absolute Gasteiger partial charge is 0.330 e. The number of nitrogens with zero attached hydrogens (tertiary/aromatic N) is 2. The first-order chi connectivity index (χ1) is 7.16. The highest BCUT2D eigenvalue weighted by Gasteiger charge is 2.10. The van der Waals surface area contributed by atoms with E-state index in [1.165, 1.54) is 0 Å². The third-order valence-corrected chi connectivity index (χ3v) is 2.78. The monoisotopic (exact) mass is 205 g/mol. The van der Waals surface area contributed by atoms with E-state index in [1.807, 2.05) is 18.2 Å². The number of nitrogens with two attached hydrogens (primary N) is 1. The van der Waals surface area contributed by atoms with E-state index in [1.54, 1.807) is 23.2 Å². The highest BCUT2D eigenvalue weighted by molar-refractivity contribution is 5.79. The average Bonchev–Trinajstić information content (AvgIpc) is 2.46. The van der Waals surface area contributed by atoms with E-state index in [-0.39, 0.29) is 5.69 Å². The van der Waals surface area contributed by atoms with E-state index < -0.39 is 0 Å². The first kappa shape index (κ1) is 9.98. The van der Waals surface area contributed by atoms with Gasteiger partial charge in [-0.2, -0.15) is 0 Å². The summed E-state index contributed by atoms with van der Waals surface area (Å²) < 4.78 is 3.34. The Kier molecular flexibility index (Phi) is 2.36. The lowest BCUT2D eigenvalue weighted by Crippen LogP contribution is -2.19. The molecule has 2 aromatic rings. The van der Waals surface area contributed by atoms with Gasteiger partial charge in [0.2, 0.25) is 0 Å². The van der Waals surface area contributed by atoms with Crippen molar-refractivity contribution in [1.29, 1.82) is 0 Å². The van der Waals surface area contributed by atoms with Gasteiger partial charge in [0.15, 0.2) is 0 Å². The molecule has 0 saturated carbocycles. The number of imidazole rings is 1. The van der Waals surface area contributed by atoms with E-state index in [0.29, 0.717) is 6.54 Å². The zero-order valence-electron chi connectivity index (χ0n) is 9.03. The summed E-state index contributed by atoms with van der Waals surface area (Å²) in [6.07, 6.45) is 0.800. The van der Waals surface area contributed by atoms with Crippen LogP contribution < -0.4 is 11.4 Å². The Bertz CT molecular complexity index is 551. The fourth-order valence-electron chi connectivity index (χ4n) is 2.02. The second-order valence-corrected chi connectivity index (χ2v) is 3.72. The summed E-state index contributed by atoms with van der Waals surface area (Å²) in [4.78, 5) is 11.7. The molecule has 4 nitrogen and oxygen atoms in total. The quantitative estimate of drug-likeness (QED) is 0.770. The van der Waals surface area contributed by atoms with Crippen molar-refractivity contribution < 1.29 is 0 Å². The number of hydrogen-bond donors (Lipinski definition) is 1. The lowest BCUT2D eigenvalue weighted by atomic mass is 10.1. The SMILES string of the molecule is Cn1c(=O)n(C)c2c(CCN)cccc21. The van der Waals surface area contributed by atoms with Gasteiger partial charge in [-0.15, -0.1) is 0 Å². The molecule has 0 aliphatic rings. The predicted molar refractivity (Wildman–Crippen MR) is 60.9 cm³/mol.